The van der Waals surface area contributed by atoms with Crippen LogP contribution in [0.5, 0.6) is 0 Å². The Hall–Kier alpha value is -1.47. The quantitative estimate of drug-likeness (QED) is 0.848. The van der Waals surface area contributed by atoms with Crippen LogP contribution in [0.15, 0.2) is 28.4 Å². The Morgan fingerprint density at radius 2 is 2.24 bits per heavy atom. The molecule has 7 heteroatoms. The lowest BCUT2D eigenvalue weighted by Gasteiger charge is -2.15. The van der Waals surface area contributed by atoms with Crippen molar-refractivity contribution in [1.82, 2.24) is 30.5 Å². The second-order valence-corrected chi connectivity index (χ2v) is 6.22. The average Bonchev–Trinajstić information content (AvgIpc) is 3.26. The van der Waals surface area contributed by atoms with Gasteiger partial charge in [-0.05, 0) is 60.1 Å². The van der Waals surface area contributed by atoms with Gasteiger partial charge in [-0.15, -0.1) is 5.10 Å². The van der Waals surface area contributed by atoms with Crippen molar-refractivity contribution in [2.24, 2.45) is 0 Å². The van der Waals surface area contributed by atoms with E-state index < -0.39 is 0 Å². The van der Waals surface area contributed by atoms with Crippen LogP contribution in [0.4, 0.5) is 0 Å². The molecule has 2 aromatic heterocycles. The van der Waals surface area contributed by atoms with Crippen molar-refractivity contribution < 1.29 is 0 Å². The molecule has 1 saturated carbocycles. The Bertz CT molecular complexity index is 577. The zero-order chi connectivity index (χ0) is 14.7. The first-order valence-corrected chi connectivity index (χ1v) is 8.28. The van der Waals surface area contributed by atoms with Crippen LogP contribution in [0.1, 0.15) is 50.9 Å². The van der Waals surface area contributed by atoms with Gasteiger partial charge in [0.25, 0.3) is 0 Å². The lowest BCUT2D eigenvalue weighted by atomic mass is 10.1. The number of hydrogen-bond donors (Lipinski definition) is 1. The fraction of sp³-hybridized carbons (Fsp3) is 0.571. The molecule has 1 aliphatic carbocycles. The third kappa shape index (κ3) is 3.41. The molecule has 21 heavy (non-hydrogen) atoms. The van der Waals surface area contributed by atoms with Crippen LogP contribution in [0.2, 0.25) is 0 Å². The zero-order valence-electron chi connectivity index (χ0n) is 12.4. The lowest BCUT2D eigenvalue weighted by Crippen LogP contribution is -2.20. The minimum atomic E-state index is 0.325. The molecule has 0 bridgehead atoms. The van der Waals surface area contributed by atoms with Crippen molar-refractivity contribution in [3.63, 3.8) is 0 Å². The molecule has 0 amide bonds. The average molecular weight is 304 g/mol. The van der Waals surface area contributed by atoms with E-state index in [2.05, 4.69) is 51.8 Å². The predicted octanol–water partition coefficient (Wildman–Crippen LogP) is 2.61. The smallest absolute Gasteiger partial charge is 0.214 e. The number of pyridine rings is 1. The molecule has 1 N–H and O–H groups in total. The second-order valence-electron chi connectivity index (χ2n) is 5.18. The van der Waals surface area contributed by atoms with Crippen molar-refractivity contribution in [2.75, 3.05) is 6.54 Å². The summed E-state index contributed by atoms with van der Waals surface area (Å²) in [7, 11) is 0. The van der Waals surface area contributed by atoms with Gasteiger partial charge in [0.15, 0.2) is 0 Å². The Kier molecular flexibility index (Phi) is 4.50. The molecule has 0 radical (unpaired) electrons. The minimum Gasteiger partial charge on any atom is -0.309 e. The van der Waals surface area contributed by atoms with Gasteiger partial charge in [-0.25, -0.2) is 4.68 Å². The van der Waals surface area contributed by atoms with E-state index in [1.54, 1.807) is 11.8 Å². The molecule has 3 rings (SSSR count). The van der Waals surface area contributed by atoms with Gasteiger partial charge in [-0.2, -0.15) is 0 Å². The predicted molar refractivity (Wildman–Crippen MR) is 81.2 cm³/mol. The van der Waals surface area contributed by atoms with Gasteiger partial charge >= 0.3 is 0 Å². The summed E-state index contributed by atoms with van der Waals surface area (Å²) in [6.45, 7) is 5.24. The van der Waals surface area contributed by atoms with Crippen LogP contribution in [0.3, 0.4) is 0 Å². The van der Waals surface area contributed by atoms with Crippen LogP contribution in [0, 0.1) is 0 Å². The number of tetrazole rings is 1. The Morgan fingerprint density at radius 1 is 1.38 bits per heavy atom. The summed E-state index contributed by atoms with van der Waals surface area (Å²) in [4.78, 5) is 5.65. The van der Waals surface area contributed by atoms with Gasteiger partial charge in [0.05, 0.1) is 11.7 Å². The van der Waals surface area contributed by atoms with Crippen LogP contribution >= 0.6 is 11.8 Å². The van der Waals surface area contributed by atoms with Crippen LogP contribution in [-0.2, 0) is 0 Å². The van der Waals surface area contributed by atoms with E-state index in [9.17, 15) is 0 Å². The molecule has 1 aliphatic rings. The molecular formula is C14H20N6S. The normalized spacial score (nSPS) is 16.1. The molecule has 0 spiro atoms. The first-order chi connectivity index (χ1) is 10.3. The lowest BCUT2D eigenvalue weighted by molar-refractivity contribution is 0.524. The fourth-order valence-corrected chi connectivity index (χ4v) is 3.08. The number of nitrogens with zero attached hydrogens (tertiary/aromatic N) is 5. The third-order valence-electron chi connectivity index (χ3n) is 3.54. The molecule has 1 fully saturated rings. The monoisotopic (exact) mass is 304 g/mol. The summed E-state index contributed by atoms with van der Waals surface area (Å²) < 4.78 is 1.92. The molecule has 1 unspecified atom stereocenters. The topological polar surface area (TPSA) is 68.5 Å². The molecule has 2 heterocycles. The SMILES string of the molecule is CCNC(CC)c1ccc(Sc2nnnn2C2CC2)cn1. The van der Waals surface area contributed by atoms with Crippen LogP contribution in [-0.4, -0.2) is 31.7 Å². The van der Waals surface area contributed by atoms with E-state index in [4.69, 9.17) is 0 Å². The highest BCUT2D eigenvalue weighted by molar-refractivity contribution is 7.99. The van der Waals surface area contributed by atoms with Gasteiger partial charge < -0.3 is 5.32 Å². The summed E-state index contributed by atoms with van der Waals surface area (Å²) >= 11 is 1.57. The molecular weight excluding hydrogens is 284 g/mol. The maximum absolute atomic E-state index is 4.58. The van der Waals surface area contributed by atoms with Crippen molar-refractivity contribution in [3.05, 3.63) is 24.0 Å². The van der Waals surface area contributed by atoms with Gasteiger partial charge in [-0.3, -0.25) is 4.98 Å². The molecule has 1 atom stereocenters. The summed E-state index contributed by atoms with van der Waals surface area (Å²) in [6, 6.07) is 5.00. The summed E-state index contributed by atoms with van der Waals surface area (Å²) in [5, 5.41) is 16.2. The van der Waals surface area contributed by atoms with E-state index >= 15 is 0 Å². The van der Waals surface area contributed by atoms with Crippen molar-refractivity contribution >= 4 is 11.8 Å². The highest BCUT2D eigenvalue weighted by Gasteiger charge is 2.28. The number of hydrogen-bond acceptors (Lipinski definition) is 6. The molecule has 0 aromatic carbocycles. The first-order valence-electron chi connectivity index (χ1n) is 7.46. The summed E-state index contributed by atoms with van der Waals surface area (Å²) in [5.41, 5.74) is 1.09. The molecule has 0 saturated heterocycles. The van der Waals surface area contributed by atoms with E-state index in [0.717, 1.165) is 28.7 Å². The van der Waals surface area contributed by atoms with Crippen LogP contribution < -0.4 is 5.32 Å². The van der Waals surface area contributed by atoms with E-state index in [1.165, 1.54) is 12.8 Å². The highest BCUT2D eigenvalue weighted by Crippen LogP contribution is 2.37. The fourth-order valence-electron chi connectivity index (χ4n) is 2.27. The van der Waals surface area contributed by atoms with Crippen molar-refractivity contribution in [1.29, 1.82) is 0 Å². The molecule has 6 nitrogen and oxygen atoms in total. The first kappa shape index (κ1) is 14.5. The summed E-state index contributed by atoms with van der Waals surface area (Å²) in [5.74, 6) is 0. The van der Waals surface area contributed by atoms with Gasteiger partial charge in [-0.1, -0.05) is 13.8 Å². The third-order valence-corrected chi connectivity index (χ3v) is 4.47. The van der Waals surface area contributed by atoms with Crippen molar-refractivity contribution in [2.45, 2.75) is 55.2 Å². The number of nitrogens with one attached hydrogen (secondary N) is 1. The Labute approximate surface area is 128 Å². The standard InChI is InChI=1S/C14H20N6S/c1-3-12(15-4-2)13-8-7-11(9-16-13)21-14-17-18-19-20(14)10-5-6-10/h7-10,12,15H,3-6H2,1-2H3. The Balaban J connectivity index is 1.70. The minimum absolute atomic E-state index is 0.325. The Morgan fingerprint density at radius 3 is 2.86 bits per heavy atom. The maximum atomic E-state index is 4.58. The van der Waals surface area contributed by atoms with Crippen molar-refractivity contribution in [3.8, 4) is 0 Å². The largest absolute Gasteiger partial charge is 0.309 e. The summed E-state index contributed by atoms with van der Waals surface area (Å²) in [6.07, 6.45) is 5.30. The number of rotatable bonds is 7. The maximum Gasteiger partial charge on any atom is 0.214 e. The number of aromatic nitrogens is 5. The van der Waals surface area contributed by atoms with Gasteiger partial charge in [0.1, 0.15) is 0 Å². The highest BCUT2D eigenvalue weighted by atomic mass is 32.2. The van der Waals surface area contributed by atoms with Gasteiger partial charge in [0, 0.05) is 17.1 Å². The molecule has 112 valence electrons. The van der Waals surface area contributed by atoms with Gasteiger partial charge in [0.2, 0.25) is 5.16 Å². The zero-order valence-corrected chi connectivity index (χ0v) is 13.2. The molecule has 2 aromatic rings. The second kappa shape index (κ2) is 6.53. The van der Waals surface area contributed by atoms with E-state index in [0.29, 0.717) is 12.1 Å². The van der Waals surface area contributed by atoms with E-state index in [1.807, 2.05) is 10.9 Å². The van der Waals surface area contributed by atoms with Crippen LogP contribution in [0.25, 0.3) is 0 Å². The molecule has 0 aliphatic heterocycles. The van der Waals surface area contributed by atoms with E-state index in [-0.39, 0.29) is 0 Å².